The minimum Gasteiger partial charge on any atom is -0.405 e. The van der Waals surface area contributed by atoms with Crippen LogP contribution in [0.25, 0.3) is 0 Å². The molecule has 0 bridgehead atoms. The van der Waals surface area contributed by atoms with E-state index >= 15 is 0 Å². The molecule has 10 heteroatoms. The van der Waals surface area contributed by atoms with Gasteiger partial charge in [-0.25, -0.2) is 0 Å². The van der Waals surface area contributed by atoms with E-state index in [0.29, 0.717) is 28.5 Å². The van der Waals surface area contributed by atoms with E-state index in [4.69, 9.17) is 11.5 Å². The molecular formula is C24H35BrF3N5O. The fourth-order valence-electron chi connectivity index (χ4n) is 5.66. The second-order valence-corrected chi connectivity index (χ2v) is 10.6. The van der Waals surface area contributed by atoms with Gasteiger partial charge in [0, 0.05) is 28.3 Å². The van der Waals surface area contributed by atoms with Crippen LogP contribution in [0.4, 0.5) is 13.2 Å². The standard InChI is InChI=1S/C24H35BrF3N5O/c1-32-22(29)19-4-2-3-5-20(19)33(23(32)30)18-10-6-15(7-11-18)13-31-14-16-8-9-17(25)12-21(16)34-24(26,27)28/h8-9,12,15,18,22-23,31H,2-7,10-11,13-14,29-30H2,1H3. The third kappa shape index (κ3) is 5.90. The Kier molecular flexibility index (Phi) is 8.13. The maximum atomic E-state index is 12.7. The van der Waals surface area contributed by atoms with Crippen LogP contribution in [0, 0.1) is 5.92 Å². The third-order valence-corrected chi connectivity index (χ3v) is 8.00. The van der Waals surface area contributed by atoms with Gasteiger partial charge in [0.05, 0.1) is 6.17 Å². The summed E-state index contributed by atoms with van der Waals surface area (Å²) in [6.07, 6.45) is 3.72. The molecule has 0 radical (unpaired) electrons. The van der Waals surface area contributed by atoms with Crippen LogP contribution in [-0.4, -0.2) is 48.3 Å². The van der Waals surface area contributed by atoms with Gasteiger partial charge >= 0.3 is 6.36 Å². The van der Waals surface area contributed by atoms with Crippen LogP contribution in [0.15, 0.2) is 33.9 Å². The fourth-order valence-corrected chi connectivity index (χ4v) is 6.00. The van der Waals surface area contributed by atoms with Gasteiger partial charge in [-0.3, -0.25) is 10.6 Å². The monoisotopic (exact) mass is 545 g/mol. The second-order valence-electron chi connectivity index (χ2n) is 9.72. The van der Waals surface area contributed by atoms with E-state index in [1.54, 1.807) is 12.1 Å². The quantitative estimate of drug-likeness (QED) is 0.484. The van der Waals surface area contributed by atoms with Crippen molar-refractivity contribution in [2.24, 2.45) is 17.4 Å². The molecule has 2 unspecified atom stereocenters. The van der Waals surface area contributed by atoms with Crippen molar-refractivity contribution in [3.8, 4) is 5.75 Å². The number of alkyl halides is 3. The van der Waals surface area contributed by atoms with Gasteiger partial charge in [0.1, 0.15) is 12.0 Å². The number of rotatable bonds is 6. The average Bonchev–Trinajstić information content (AvgIpc) is 2.79. The summed E-state index contributed by atoms with van der Waals surface area (Å²) in [6, 6.07) is 5.14. The molecule has 1 fully saturated rings. The molecule has 190 valence electrons. The first-order valence-electron chi connectivity index (χ1n) is 12.1. The Morgan fingerprint density at radius 1 is 1.12 bits per heavy atom. The van der Waals surface area contributed by atoms with E-state index in [0.717, 1.165) is 45.1 Å². The molecule has 1 aromatic rings. The van der Waals surface area contributed by atoms with Crippen molar-refractivity contribution in [2.75, 3.05) is 13.6 Å². The molecule has 2 aliphatic carbocycles. The largest absolute Gasteiger partial charge is 0.573 e. The van der Waals surface area contributed by atoms with Crippen LogP contribution in [0.5, 0.6) is 5.75 Å². The summed E-state index contributed by atoms with van der Waals surface area (Å²) in [7, 11) is 2.01. The molecule has 1 aliphatic heterocycles. The molecule has 1 saturated carbocycles. The lowest BCUT2D eigenvalue weighted by Crippen LogP contribution is -2.65. The van der Waals surface area contributed by atoms with Crippen molar-refractivity contribution in [1.29, 1.82) is 0 Å². The van der Waals surface area contributed by atoms with Crippen LogP contribution in [0.1, 0.15) is 56.9 Å². The molecule has 5 N–H and O–H groups in total. The lowest BCUT2D eigenvalue weighted by Gasteiger charge is -2.52. The third-order valence-electron chi connectivity index (χ3n) is 7.50. The Bertz CT molecular complexity index is 888. The van der Waals surface area contributed by atoms with Gasteiger partial charge in [-0.1, -0.05) is 22.0 Å². The van der Waals surface area contributed by atoms with Gasteiger partial charge in [0.15, 0.2) is 0 Å². The maximum absolute atomic E-state index is 12.7. The molecule has 0 aromatic heterocycles. The summed E-state index contributed by atoms with van der Waals surface area (Å²) in [4.78, 5) is 4.51. The molecule has 34 heavy (non-hydrogen) atoms. The highest BCUT2D eigenvalue weighted by Gasteiger charge is 2.40. The maximum Gasteiger partial charge on any atom is 0.573 e. The van der Waals surface area contributed by atoms with Gasteiger partial charge in [-0.2, -0.15) is 0 Å². The number of ether oxygens (including phenoxy) is 1. The Hall–Kier alpha value is -1.33. The first-order valence-corrected chi connectivity index (χ1v) is 12.9. The summed E-state index contributed by atoms with van der Waals surface area (Å²) in [5.74, 6) is 0.315. The highest BCUT2D eigenvalue weighted by molar-refractivity contribution is 9.10. The Labute approximate surface area is 208 Å². The SMILES string of the molecule is CN1C(N)C2=C(CCCC2)N(C2CCC(CNCc3ccc(Br)cc3OC(F)(F)F)CC2)C1N. The van der Waals surface area contributed by atoms with E-state index in [1.807, 2.05) is 7.05 Å². The Morgan fingerprint density at radius 3 is 2.53 bits per heavy atom. The number of hydrogen-bond acceptors (Lipinski definition) is 6. The van der Waals surface area contributed by atoms with Crippen molar-refractivity contribution >= 4 is 15.9 Å². The number of hydrogen-bond donors (Lipinski definition) is 3. The van der Waals surface area contributed by atoms with Crippen molar-refractivity contribution in [3.05, 3.63) is 39.5 Å². The van der Waals surface area contributed by atoms with E-state index in [-0.39, 0.29) is 18.2 Å². The fraction of sp³-hybridized carbons (Fsp3) is 0.667. The first-order chi connectivity index (χ1) is 16.1. The molecule has 2 atom stereocenters. The molecule has 6 nitrogen and oxygen atoms in total. The topological polar surface area (TPSA) is 79.8 Å². The highest BCUT2D eigenvalue weighted by Crippen LogP contribution is 2.39. The number of allylic oxidation sites excluding steroid dienone is 1. The Balaban J connectivity index is 1.32. The zero-order valence-corrected chi connectivity index (χ0v) is 21.2. The summed E-state index contributed by atoms with van der Waals surface area (Å²) in [5.41, 5.74) is 16.3. The number of nitrogens with one attached hydrogen (secondary N) is 1. The van der Waals surface area contributed by atoms with E-state index < -0.39 is 6.36 Å². The van der Waals surface area contributed by atoms with Crippen molar-refractivity contribution < 1.29 is 17.9 Å². The van der Waals surface area contributed by atoms with E-state index in [1.165, 1.54) is 30.2 Å². The molecule has 1 aromatic carbocycles. The van der Waals surface area contributed by atoms with E-state index in [2.05, 4.69) is 35.8 Å². The van der Waals surface area contributed by atoms with Gasteiger partial charge in [0.25, 0.3) is 0 Å². The van der Waals surface area contributed by atoms with Crippen LogP contribution in [-0.2, 0) is 6.54 Å². The number of halogens is 4. The predicted molar refractivity (Wildman–Crippen MR) is 129 cm³/mol. The lowest BCUT2D eigenvalue weighted by molar-refractivity contribution is -0.274. The van der Waals surface area contributed by atoms with Crippen molar-refractivity contribution in [2.45, 2.75) is 82.8 Å². The van der Waals surface area contributed by atoms with Crippen LogP contribution < -0.4 is 21.5 Å². The lowest BCUT2D eigenvalue weighted by atomic mass is 9.83. The summed E-state index contributed by atoms with van der Waals surface area (Å²) >= 11 is 3.21. The summed E-state index contributed by atoms with van der Waals surface area (Å²) in [5, 5.41) is 3.34. The molecular weight excluding hydrogens is 511 g/mol. The highest BCUT2D eigenvalue weighted by atomic mass is 79.9. The zero-order chi connectivity index (χ0) is 24.5. The molecule has 0 amide bonds. The first kappa shape index (κ1) is 25.8. The van der Waals surface area contributed by atoms with Crippen LogP contribution in [0.2, 0.25) is 0 Å². The van der Waals surface area contributed by atoms with Gasteiger partial charge < -0.3 is 20.7 Å². The van der Waals surface area contributed by atoms with Crippen molar-refractivity contribution in [1.82, 2.24) is 15.1 Å². The minimum atomic E-state index is -4.71. The molecule has 0 saturated heterocycles. The molecule has 1 heterocycles. The summed E-state index contributed by atoms with van der Waals surface area (Å²) < 4.78 is 43.0. The van der Waals surface area contributed by atoms with Crippen LogP contribution in [0.3, 0.4) is 0 Å². The Morgan fingerprint density at radius 2 is 1.82 bits per heavy atom. The smallest absolute Gasteiger partial charge is 0.405 e. The van der Waals surface area contributed by atoms with Gasteiger partial charge in [-0.05, 0) is 88.6 Å². The van der Waals surface area contributed by atoms with Gasteiger partial charge in [-0.15, -0.1) is 13.2 Å². The van der Waals surface area contributed by atoms with E-state index in [9.17, 15) is 13.2 Å². The number of benzene rings is 1. The summed E-state index contributed by atoms with van der Waals surface area (Å²) in [6.45, 7) is 1.09. The molecule has 4 rings (SSSR count). The number of likely N-dealkylation sites (N-methyl/N-ethyl adjacent to an activating group) is 1. The second kappa shape index (κ2) is 10.7. The zero-order valence-electron chi connectivity index (χ0n) is 19.6. The molecule has 3 aliphatic rings. The number of nitrogens with two attached hydrogens (primary N) is 2. The number of nitrogens with zero attached hydrogens (tertiary/aromatic N) is 2. The van der Waals surface area contributed by atoms with Crippen molar-refractivity contribution in [3.63, 3.8) is 0 Å². The minimum absolute atomic E-state index is 0.0908. The van der Waals surface area contributed by atoms with Crippen LogP contribution >= 0.6 is 15.9 Å². The normalized spacial score (nSPS) is 28.7. The average molecular weight is 546 g/mol. The predicted octanol–water partition coefficient (Wildman–Crippen LogP) is 4.60. The van der Waals surface area contributed by atoms with Gasteiger partial charge in [0.2, 0.25) is 0 Å². The molecule has 0 spiro atoms.